The zero-order valence-corrected chi connectivity index (χ0v) is 11.3. The Balaban J connectivity index is 1.97. The van der Waals surface area contributed by atoms with Gasteiger partial charge in [0.15, 0.2) is 0 Å². The van der Waals surface area contributed by atoms with Crippen LogP contribution in [-0.4, -0.2) is 23.7 Å². The number of hydrogen-bond acceptors (Lipinski definition) is 4. The number of nitrogens with zero attached hydrogens (tertiary/aromatic N) is 1. The van der Waals surface area contributed by atoms with Crippen LogP contribution in [-0.2, 0) is 29.1 Å². The molecular weight excluding hydrogens is 256 g/mol. The maximum absolute atomic E-state index is 12.0. The summed E-state index contributed by atoms with van der Waals surface area (Å²) in [5, 5.41) is 0. The monoisotopic (exact) mass is 272 g/mol. The summed E-state index contributed by atoms with van der Waals surface area (Å²) in [4.78, 5) is 19.4. The van der Waals surface area contributed by atoms with Crippen molar-refractivity contribution in [2.24, 2.45) is 0 Å². The SMILES string of the molecule is COCc1ccc(-c2nc3c(c(=O)[nH]2)COCC3)cc1. The van der Waals surface area contributed by atoms with Gasteiger partial charge in [0.1, 0.15) is 5.82 Å². The lowest BCUT2D eigenvalue weighted by Crippen LogP contribution is -2.24. The summed E-state index contributed by atoms with van der Waals surface area (Å²) < 4.78 is 10.4. The predicted molar refractivity (Wildman–Crippen MR) is 74.4 cm³/mol. The van der Waals surface area contributed by atoms with E-state index < -0.39 is 0 Å². The standard InChI is InChI=1S/C15H16N2O3/c1-19-8-10-2-4-11(5-3-10)14-16-13-6-7-20-9-12(13)15(18)17-14/h2-5H,6-9H2,1H3,(H,16,17,18). The number of aromatic amines is 1. The van der Waals surface area contributed by atoms with Crippen molar-refractivity contribution in [3.05, 3.63) is 51.4 Å². The van der Waals surface area contributed by atoms with Crippen molar-refractivity contribution in [1.29, 1.82) is 0 Å². The molecule has 0 spiro atoms. The van der Waals surface area contributed by atoms with E-state index in [1.54, 1.807) is 7.11 Å². The fourth-order valence-electron chi connectivity index (χ4n) is 2.31. The zero-order chi connectivity index (χ0) is 13.9. The number of benzene rings is 1. The molecule has 2 heterocycles. The molecule has 0 radical (unpaired) electrons. The third kappa shape index (κ3) is 2.50. The van der Waals surface area contributed by atoms with Crippen molar-refractivity contribution >= 4 is 0 Å². The first kappa shape index (κ1) is 13.0. The molecule has 0 fully saturated rings. The van der Waals surface area contributed by atoms with Crippen LogP contribution in [0.5, 0.6) is 0 Å². The Hall–Kier alpha value is -1.98. The van der Waals surface area contributed by atoms with Crippen molar-refractivity contribution in [3.63, 3.8) is 0 Å². The maximum atomic E-state index is 12.0. The van der Waals surface area contributed by atoms with Crippen molar-refractivity contribution in [3.8, 4) is 11.4 Å². The molecule has 3 rings (SSSR count). The number of rotatable bonds is 3. The predicted octanol–water partition coefficient (Wildman–Crippen LogP) is 1.66. The summed E-state index contributed by atoms with van der Waals surface area (Å²) >= 11 is 0. The van der Waals surface area contributed by atoms with Gasteiger partial charge in [-0.25, -0.2) is 4.98 Å². The molecule has 1 aliphatic rings. The highest BCUT2D eigenvalue weighted by atomic mass is 16.5. The van der Waals surface area contributed by atoms with Gasteiger partial charge in [0.05, 0.1) is 31.1 Å². The van der Waals surface area contributed by atoms with Crippen LogP contribution in [0.1, 0.15) is 16.8 Å². The fraction of sp³-hybridized carbons (Fsp3) is 0.333. The van der Waals surface area contributed by atoms with Crippen molar-refractivity contribution in [2.75, 3.05) is 13.7 Å². The van der Waals surface area contributed by atoms with Gasteiger partial charge in [-0.15, -0.1) is 0 Å². The molecular formula is C15H16N2O3. The van der Waals surface area contributed by atoms with Crippen LogP contribution in [0.3, 0.4) is 0 Å². The Labute approximate surface area is 116 Å². The van der Waals surface area contributed by atoms with Crippen LogP contribution >= 0.6 is 0 Å². The van der Waals surface area contributed by atoms with E-state index in [1.165, 1.54) is 0 Å². The average Bonchev–Trinajstić information content (AvgIpc) is 2.48. The molecule has 104 valence electrons. The topological polar surface area (TPSA) is 64.2 Å². The average molecular weight is 272 g/mol. The minimum Gasteiger partial charge on any atom is -0.380 e. The van der Waals surface area contributed by atoms with Gasteiger partial charge in [-0.3, -0.25) is 4.79 Å². The van der Waals surface area contributed by atoms with E-state index in [-0.39, 0.29) is 5.56 Å². The molecule has 0 atom stereocenters. The summed E-state index contributed by atoms with van der Waals surface area (Å²) in [6.07, 6.45) is 0.689. The molecule has 0 saturated heterocycles. The van der Waals surface area contributed by atoms with Gasteiger partial charge in [0.25, 0.3) is 5.56 Å². The third-order valence-corrected chi connectivity index (χ3v) is 3.37. The Morgan fingerprint density at radius 3 is 2.90 bits per heavy atom. The molecule has 5 nitrogen and oxygen atoms in total. The number of ether oxygens (including phenoxy) is 2. The first-order valence-electron chi connectivity index (χ1n) is 6.56. The van der Waals surface area contributed by atoms with E-state index in [9.17, 15) is 4.79 Å². The highest BCUT2D eigenvalue weighted by molar-refractivity contribution is 5.55. The van der Waals surface area contributed by atoms with Crippen LogP contribution in [0.25, 0.3) is 11.4 Å². The van der Waals surface area contributed by atoms with Crippen LogP contribution in [0.2, 0.25) is 0 Å². The largest absolute Gasteiger partial charge is 0.380 e. The Morgan fingerprint density at radius 1 is 1.35 bits per heavy atom. The lowest BCUT2D eigenvalue weighted by molar-refractivity contribution is 0.108. The Morgan fingerprint density at radius 2 is 2.15 bits per heavy atom. The second-order valence-electron chi connectivity index (χ2n) is 4.77. The molecule has 1 aromatic heterocycles. The van der Waals surface area contributed by atoms with Gasteiger partial charge in [-0.05, 0) is 5.56 Å². The van der Waals surface area contributed by atoms with Crippen LogP contribution in [0, 0.1) is 0 Å². The number of fused-ring (bicyclic) bond motifs is 1. The van der Waals surface area contributed by atoms with Gasteiger partial charge in [0.2, 0.25) is 0 Å². The Bertz CT molecular complexity index is 662. The number of aromatic nitrogens is 2. The number of H-pyrrole nitrogens is 1. The lowest BCUT2D eigenvalue weighted by atomic mass is 10.1. The quantitative estimate of drug-likeness (QED) is 0.923. The summed E-state index contributed by atoms with van der Waals surface area (Å²) in [5.74, 6) is 0.611. The summed E-state index contributed by atoms with van der Waals surface area (Å²) in [6, 6.07) is 7.83. The van der Waals surface area contributed by atoms with Crippen LogP contribution in [0.15, 0.2) is 29.1 Å². The molecule has 0 bridgehead atoms. The first-order chi connectivity index (χ1) is 9.78. The highest BCUT2D eigenvalue weighted by Gasteiger charge is 2.16. The van der Waals surface area contributed by atoms with Gasteiger partial charge in [-0.2, -0.15) is 0 Å². The summed E-state index contributed by atoms with van der Waals surface area (Å²) in [7, 11) is 1.67. The number of methoxy groups -OCH3 is 1. The number of nitrogens with one attached hydrogen (secondary N) is 1. The van der Waals surface area contributed by atoms with Crippen LogP contribution < -0.4 is 5.56 Å². The Kier molecular flexibility index (Phi) is 3.62. The molecule has 20 heavy (non-hydrogen) atoms. The van der Waals surface area contributed by atoms with Crippen molar-refractivity contribution < 1.29 is 9.47 Å². The van der Waals surface area contributed by atoms with E-state index in [0.29, 0.717) is 37.6 Å². The van der Waals surface area contributed by atoms with E-state index in [0.717, 1.165) is 16.8 Å². The van der Waals surface area contributed by atoms with E-state index in [1.807, 2.05) is 24.3 Å². The first-order valence-corrected chi connectivity index (χ1v) is 6.56. The van der Waals surface area contributed by atoms with E-state index in [2.05, 4.69) is 9.97 Å². The normalized spacial score (nSPS) is 14.1. The molecule has 1 N–H and O–H groups in total. The molecule has 0 aliphatic carbocycles. The minimum absolute atomic E-state index is 0.106. The van der Waals surface area contributed by atoms with Gasteiger partial charge in [-0.1, -0.05) is 24.3 Å². The van der Waals surface area contributed by atoms with Gasteiger partial charge >= 0.3 is 0 Å². The molecule has 2 aromatic rings. The van der Waals surface area contributed by atoms with Gasteiger partial charge < -0.3 is 14.5 Å². The second kappa shape index (κ2) is 5.56. The summed E-state index contributed by atoms with van der Waals surface area (Å²) in [5.41, 5.74) is 3.37. The van der Waals surface area contributed by atoms with Crippen molar-refractivity contribution in [2.45, 2.75) is 19.6 Å². The van der Waals surface area contributed by atoms with Crippen LogP contribution in [0.4, 0.5) is 0 Å². The number of hydrogen-bond donors (Lipinski definition) is 1. The molecule has 0 unspecified atom stereocenters. The molecule has 0 saturated carbocycles. The lowest BCUT2D eigenvalue weighted by Gasteiger charge is -2.15. The summed E-state index contributed by atoms with van der Waals surface area (Å²) in [6.45, 7) is 1.55. The van der Waals surface area contributed by atoms with E-state index in [4.69, 9.17) is 9.47 Å². The van der Waals surface area contributed by atoms with E-state index >= 15 is 0 Å². The molecule has 1 aromatic carbocycles. The zero-order valence-electron chi connectivity index (χ0n) is 11.3. The highest BCUT2D eigenvalue weighted by Crippen LogP contribution is 2.18. The molecule has 1 aliphatic heterocycles. The molecule has 5 heteroatoms. The fourth-order valence-corrected chi connectivity index (χ4v) is 2.31. The smallest absolute Gasteiger partial charge is 0.256 e. The second-order valence-corrected chi connectivity index (χ2v) is 4.77. The van der Waals surface area contributed by atoms with Gasteiger partial charge in [0, 0.05) is 19.1 Å². The molecule has 0 amide bonds. The minimum atomic E-state index is -0.106. The third-order valence-electron chi connectivity index (χ3n) is 3.37. The van der Waals surface area contributed by atoms with Crippen molar-refractivity contribution in [1.82, 2.24) is 9.97 Å². The maximum Gasteiger partial charge on any atom is 0.256 e.